The summed E-state index contributed by atoms with van der Waals surface area (Å²) in [4.78, 5) is 14.1. The predicted octanol–water partition coefficient (Wildman–Crippen LogP) is 1.54. The Morgan fingerprint density at radius 3 is 2.48 bits per heavy atom. The molecule has 0 amide bonds. The Kier molecular flexibility index (Phi) is 4.35. The first-order valence-electron chi connectivity index (χ1n) is 8.94. The highest BCUT2D eigenvalue weighted by Gasteiger charge is 2.29. The van der Waals surface area contributed by atoms with Gasteiger partial charge in [0, 0.05) is 44.8 Å². The van der Waals surface area contributed by atoms with E-state index in [9.17, 15) is 5.11 Å². The van der Waals surface area contributed by atoms with Gasteiger partial charge < -0.3 is 19.6 Å². The van der Waals surface area contributed by atoms with Crippen LogP contribution in [0.1, 0.15) is 43.7 Å². The van der Waals surface area contributed by atoms with Crippen molar-refractivity contribution in [1.82, 2.24) is 9.97 Å². The van der Waals surface area contributed by atoms with E-state index in [-0.39, 0.29) is 6.10 Å². The Morgan fingerprint density at radius 2 is 1.83 bits per heavy atom. The third-order valence-corrected chi connectivity index (χ3v) is 5.14. The van der Waals surface area contributed by atoms with Crippen LogP contribution < -0.4 is 9.80 Å². The van der Waals surface area contributed by atoms with Gasteiger partial charge in [0.2, 0.25) is 5.95 Å². The molecule has 0 bridgehead atoms. The quantitative estimate of drug-likeness (QED) is 0.912. The molecule has 1 atom stereocenters. The summed E-state index contributed by atoms with van der Waals surface area (Å²) in [6.07, 6.45) is 5.91. The highest BCUT2D eigenvalue weighted by molar-refractivity contribution is 5.48. The third kappa shape index (κ3) is 3.28. The Morgan fingerprint density at radius 1 is 1.04 bits per heavy atom. The molecular weight excluding hydrogens is 292 g/mol. The van der Waals surface area contributed by atoms with Gasteiger partial charge in [0.05, 0.1) is 18.4 Å². The zero-order valence-corrected chi connectivity index (χ0v) is 13.7. The number of nitrogens with zero attached hydrogens (tertiary/aromatic N) is 4. The van der Waals surface area contributed by atoms with Gasteiger partial charge in [0.25, 0.3) is 0 Å². The number of hydrogen-bond donors (Lipinski definition) is 1. The van der Waals surface area contributed by atoms with Crippen LogP contribution in [0, 0.1) is 0 Å². The molecule has 0 radical (unpaired) electrons. The summed E-state index contributed by atoms with van der Waals surface area (Å²) < 4.78 is 5.55. The Labute approximate surface area is 137 Å². The van der Waals surface area contributed by atoms with Crippen LogP contribution in [0.3, 0.4) is 0 Å². The molecule has 3 fully saturated rings. The van der Waals surface area contributed by atoms with Crippen LogP contribution in [0.2, 0.25) is 0 Å². The second kappa shape index (κ2) is 6.61. The van der Waals surface area contributed by atoms with Crippen molar-refractivity contribution < 1.29 is 9.84 Å². The summed E-state index contributed by atoms with van der Waals surface area (Å²) in [5.41, 5.74) is 1.10. The number of aromatic nitrogens is 2. The number of hydrogen-bond acceptors (Lipinski definition) is 6. The van der Waals surface area contributed by atoms with Gasteiger partial charge in [-0.15, -0.1) is 0 Å². The van der Waals surface area contributed by atoms with Gasteiger partial charge in [-0.05, 0) is 19.3 Å². The van der Waals surface area contributed by atoms with E-state index in [0.717, 1.165) is 50.2 Å². The van der Waals surface area contributed by atoms with E-state index in [1.165, 1.54) is 25.7 Å². The van der Waals surface area contributed by atoms with Gasteiger partial charge in [-0.2, -0.15) is 4.98 Å². The predicted molar refractivity (Wildman–Crippen MR) is 89.1 cm³/mol. The molecule has 0 aromatic carbocycles. The molecule has 3 aliphatic rings. The zero-order valence-electron chi connectivity index (χ0n) is 13.7. The van der Waals surface area contributed by atoms with E-state index in [4.69, 9.17) is 14.7 Å². The number of anilines is 2. The van der Waals surface area contributed by atoms with E-state index in [2.05, 4.69) is 15.9 Å². The van der Waals surface area contributed by atoms with Crippen LogP contribution in [0.25, 0.3) is 0 Å². The average Bonchev–Trinajstić information content (AvgIpc) is 2.94. The summed E-state index contributed by atoms with van der Waals surface area (Å²) in [5, 5.41) is 9.59. The molecule has 4 heterocycles. The minimum Gasteiger partial charge on any atom is -0.389 e. The van der Waals surface area contributed by atoms with Crippen LogP contribution >= 0.6 is 0 Å². The molecule has 0 saturated carbocycles. The zero-order chi connectivity index (χ0) is 15.6. The molecule has 1 aromatic rings. The lowest BCUT2D eigenvalue weighted by atomic mass is 10.0. The average molecular weight is 318 g/mol. The minimum atomic E-state index is -0.237. The first-order chi connectivity index (χ1) is 11.3. The molecule has 6 heteroatoms. The molecule has 4 rings (SSSR count). The van der Waals surface area contributed by atoms with E-state index < -0.39 is 0 Å². The van der Waals surface area contributed by atoms with Crippen molar-refractivity contribution in [3.63, 3.8) is 0 Å². The summed E-state index contributed by atoms with van der Waals surface area (Å²) in [6, 6.07) is 2.17. The molecule has 6 nitrogen and oxygen atoms in total. The van der Waals surface area contributed by atoms with Gasteiger partial charge in [-0.3, -0.25) is 0 Å². The molecule has 0 unspecified atom stereocenters. The second-order valence-electron chi connectivity index (χ2n) is 6.97. The largest absolute Gasteiger partial charge is 0.389 e. The van der Waals surface area contributed by atoms with Crippen LogP contribution in [-0.4, -0.2) is 60.6 Å². The van der Waals surface area contributed by atoms with Crippen molar-refractivity contribution in [2.24, 2.45) is 0 Å². The molecule has 0 spiro atoms. The fourth-order valence-corrected chi connectivity index (χ4v) is 3.64. The summed E-state index contributed by atoms with van der Waals surface area (Å²) >= 11 is 0. The molecule has 1 N–H and O–H groups in total. The number of β-amino-alcohol motifs (C(OH)–C–C–N with tert-alkyl or cyclic N) is 1. The monoisotopic (exact) mass is 318 g/mol. The lowest BCUT2D eigenvalue weighted by molar-refractivity contribution is 0.140. The smallest absolute Gasteiger partial charge is 0.227 e. The maximum Gasteiger partial charge on any atom is 0.227 e. The van der Waals surface area contributed by atoms with Crippen LogP contribution in [-0.2, 0) is 4.74 Å². The SMILES string of the molecule is OC1CN(c2nc([C@H]3CCOC3)cc(N3CCCCCC3)n2)C1. The molecule has 3 saturated heterocycles. The Hall–Kier alpha value is -1.40. The molecule has 0 aliphatic carbocycles. The fraction of sp³-hybridized carbons (Fsp3) is 0.765. The number of rotatable bonds is 3. The fourth-order valence-electron chi connectivity index (χ4n) is 3.64. The number of aliphatic hydroxyl groups is 1. The maximum absolute atomic E-state index is 9.59. The molecule has 23 heavy (non-hydrogen) atoms. The van der Waals surface area contributed by atoms with Gasteiger partial charge in [0.1, 0.15) is 5.82 Å². The first-order valence-corrected chi connectivity index (χ1v) is 8.94. The topological polar surface area (TPSA) is 61.7 Å². The highest BCUT2D eigenvalue weighted by Crippen LogP contribution is 2.30. The van der Waals surface area contributed by atoms with Gasteiger partial charge >= 0.3 is 0 Å². The van der Waals surface area contributed by atoms with Crippen LogP contribution in [0.15, 0.2) is 6.07 Å². The molecule has 1 aromatic heterocycles. The summed E-state index contributed by atoms with van der Waals surface area (Å²) in [5.74, 6) is 2.22. The van der Waals surface area contributed by atoms with Crippen molar-refractivity contribution in [1.29, 1.82) is 0 Å². The van der Waals surface area contributed by atoms with Crippen LogP contribution in [0.5, 0.6) is 0 Å². The first kappa shape index (κ1) is 15.1. The number of aliphatic hydroxyl groups excluding tert-OH is 1. The van der Waals surface area contributed by atoms with Crippen molar-refractivity contribution in [2.45, 2.75) is 44.1 Å². The minimum absolute atomic E-state index is 0.237. The third-order valence-electron chi connectivity index (χ3n) is 5.14. The normalized spacial score (nSPS) is 26.2. The van der Waals surface area contributed by atoms with Crippen molar-refractivity contribution >= 4 is 11.8 Å². The standard InChI is InChI=1S/C17H26N4O2/c22-14-10-21(11-14)17-18-15(13-5-8-23-12-13)9-16(19-17)20-6-3-1-2-4-7-20/h9,13-14,22H,1-8,10-12H2/t13-/m0/s1. The number of ether oxygens (including phenoxy) is 1. The van der Waals surface area contributed by atoms with Crippen LogP contribution in [0.4, 0.5) is 11.8 Å². The molecule has 3 aliphatic heterocycles. The van der Waals surface area contributed by atoms with E-state index in [1.807, 2.05) is 0 Å². The Balaban J connectivity index is 1.63. The van der Waals surface area contributed by atoms with E-state index >= 15 is 0 Å². The van der Waals surface area contributed by atoms with E-state index in [0.29, 0.717) is 19.0 Å². The van der Waals surface area contributed by atoms with Gasteiger partial charge in [-0.25, -0.2) is 4.98 Å². The molecule has 126 valence electrons. The summed E-state index contributed by atoms with van der Waals surface area (Å²) in [7, 11) is 0. The lowest BCUT2D eigenvalue weighted by Crippen LogP contribution is -2.51. The van der Waals surface area contributed by atoms with Crippen molar-refractivity contribution in [2.75, 3.05) is 49.2 Å². The van der Waals surface area contributed by atoms with Crippen molar-refractivity contribution in [3.05, 3.63) is 11.8 Å². The highest BCUT2D eigenvalue weighted by atomic mass is 16.5. The lowest BCUT2D eigenvalue weighted by Gasteiger charge is -2.36. The second-order valence-corrected chi connectivity index (χ2v) is 6.97. The van der Waals surface area contributed by atoms with Gasteiger partial charge in [0.15, 0.2) is 0 Å². The Bertz CT molecular complexity index is 533. The van der Waals surface area contributed by atoms with Crippen molar-refractivity contribution in [3.8, 4) is 0 Å². The summed E-state index contributed by atoms with van der Waals surface area (Å²) in [6.45, 7) is 5.04. The maximum atomic E-state index is 9.59. The van der Waals surface area contributed by atoms with E-state index in [1.54, 1.807) is 0 Å². The van der Waals surface area contributed by atoms with Gasteiger partial charge in [-0.1, -0.05) is 12.8 Å². The molecular formula is C17H26N4O2.